The first-order chi connectivity index (χ1) is 14.0. The van der Waals surface area contributed by atoms with Crippen molar-refractivity contribution in [1.29, 1.82) is 0 Å². The van der Waals surface area contributed by atoms with Gasteiger partial charge in [-0.25, -0.2) is 8.42 Å². The Kier molecular flexibility index (Phi) is 4.49. The number of benzene rings is 2. The highest BCUT2D eigenvalue weighted by Gasteiger charge is 2.31. The molecule has 0 amide bonds. The number of hydrogen-bond donors (Lipinski definition) is 0. The number of nitrogens with zero attached hydrogens (tertiary/aromatic N) is 3. The van der Waals surface area contributed by atoms with Crippen LogP contribution in [0.2, 0.25) is 5.02 Å². The smallest absolute Gasteiger partial charge is 0.243 e. The van der Waals surface area contributed by atoms with E-state index in [1.807, 2.05) is 24.3 Å². The number of fused-ring (bicyclic) bond motifs is 3. The van der Waals surface area contributed by atoms with Crippen LogP contribution in [0, 0.1) is 0 Å². The molecule has 0 atom stereocenters. The molecule has 29 heavy (non-hydrogen) atoms. The van der Waals surface area contributed by atoms with Crippen molar-refractivity contribution in [3.8, 4) is 17.1 Å². The Balaban J connectivity index is 1.38. The van der Waals surface area contributed by atoms with Gasteiger partial charge < -0.3 is 14.2 Å². The Morgan fingerprint density at radius 2 is 1.86 bits per heavy atom. The third kappa shape index (κ3) is 3.27. The highest BCUT2D eigenvalue weighted by molar-refractivity contribution is 7.89. The predicted molar refractivity (Wildman–Crippen MR) is 109 cm³/mol. The van der Waals surface area contributed by atoms with Crippen LogP contribution in [0.25, 0.3) is 11.3 Å². The van der Waals surface area contributed by atoms with E-state index in [0.717, 1.165) is 11.3 Å². The third-order valence-corrected chi connectivity index (χ3v) is 7.40. The largest absolute Gasteiger partial charge is 0.488 e. The molecule has 0 spiro atoms. The zero-order valence-electron chi connectivity index (χ0n) is 15.4. The maximum absolute atomic E-state index is 13.2. The standard InChI is InChI=1S/C20H18ClN3O4S/c21-15-2-1-3-16(10-15)23-6-8-24(9-7-23)29(25,26)17-4-5-19-18(11-17)20-14(13-27-19)12-22-28-20/h1-5,10-12H,6-9,13H2. The lowest BCUT2D eigenvalue weighted by atomic mass is 10.1. The molecule has 3 heterocycles. The number of sulfonamides is 1. The Labute approximate surface area is 173 Å². The van der Waals surface area contributed by atoms with Gasteiger partial charge in [0.25, 0.3) is 0 Å². The van der Waals surface area contributed by atoms with Crippen molar-refractivity contribution in [1.82, 2.24) is 9.46 Å². The van der Waals surface area contributed by atoms with E-state index >= 15 is 0 Å². The number of piperazine rings is 1. The van der Waals surface area contributed by atoms with Crippen molar-refractivity contribution in [2.75, 3.05) is 31.1 Å². The molecule has 2 aromatic carbocycles. The van der Waals surface area contributed by atoms with Crippen LogP contribution in [0.5, 0.6) is 5.75 Å². The average Bonchev–Trinajstić information content (AvgIpc) is 3.23. The van der Waals surface area contributed by atoms with Crippen molar-refractivity contribution >= 4 is 27.3 Å². The second-order valence-corrected chi connectivity index (χ2v) is 9.37. The molecule has 0 N–H and O–H groups in total. The van der Waals surface area contributed by atoms with Gasteiger partial charge in [0.15, 0.2) is 5.76 Å². The fraction of sp³-hybridized carbons (Fsp3) is 0.250. The van der Waals surface area contributed by atoms with Crippen LogP contribution in [0.1, 0.15) is 5.56 Å². The van der Waals surface area contributed by atoms with Gasteiger partial charge in [0, 0.05) is 36.9 Å². The van der Waals surface area contributed by atoms with Gasteiger partial charge in [-0.3, -0.25) is 0 Å². The van der Waals surface area contributed by atoms with E-state index in [2.05, 4.69) is 10.1 Å². The Morgan fingerprint density at radius 3 is 2.66 bits per heavy atom. The summed E-state index contributed by atoms with van der Waals surface area (Å²) in [7, 11) is -3.63. The monoisotopic (exact) mass is 431 g/mol. The van der Waals surface area contributed by atoms with Gasteiger partial charge in [-0.05, 0) is 36.4 Å². The van der Waals surface area contributed by atoms with Gasteiger partial charge in [-0.15, -0.1) is 0 Å². The molecule has 2 aliphatic rings. The minimum Gasteiger partial charge on any atom is -0.488 e. The summed E-state index contributed by atoms with van der Waals surface area (Å²) in [5.41, 5.74) is 2.42. The molecule has 1 saturated heterocycles. The summed E-state index contributed by atoms with van der Waals surface area (Å²) >= 11 is 6.08. The van der Waals surface area contributed by atoms with Crippen LogP contribution in [0.3, 0.4) is 0 Å². The molecule has 0 aliphatic carbocycles. The quantitative estimate of drug-likeness (QED) is 0.632. The normalized spacial score (nSPS) is 16.8. The van der Waals surface area contributed by atoms with Crippen molar-refractivity contribution in [3.05, 3.63) is 59.2 Å². The summed E-state index contributed by atoms with van der Waals surface area (Å²) < 4.78 is 38.9. The van der Waals surface area contributed by atoms with Gasteiger partial charge in [-0.2, -0.15) is 4.31 Å². The zero-order valence-corrected chi connectivity index (χ0v) is 17.0. The van der Waals surface area contributed by atoms with Gasteiger partial charge in [-0.1, -0.05) is 22.8 Å². The van der Waals surface area contributed by atoms with Crippen LogP contribution in [-0.4, -0.2) is 44.1 Å². The van der Waals surface area contributed by atoms with Crippen molar-refractivity contribution in [3.63, 3.8) is 0 Å². The van der Waals surface area contributed by atoms with Crippen LogP contribution in [0.15, 0.2) is 58.1 Å². The van der Waals surface area contributed by atoms with Gasteiger partial charge in [0.05, 0.1) is 22.2 Å². The Bertz CT molecular complexity index is 1170. The van der Waals surface area contributed by atoms with Crippen molar-refractivity contribution < 1.29 is 17.7 Å². The van der Waals surface area contributed by atoms with E-state index in [1.54, 1.807) is 24.4 Å². The SMILES string of the molecule is O=S(=O)(c1ccc2c(c1)-c1oncc1CO2)N1CCN(c2cccc(Cl)c2)CC1. The number of ether oxygens (including phenoxy) is 1. The number of hydrogen-bond acceptors (Lipinski definition) is 6. The van der Waals surface area contributed by atoms with E-state index in [4.69, 9.17) is 20.9 Å². The maximum Gasteiger partial charge on any atom is 0.243 e. The molecular formula is C20H18ClN3O4S. The predicted octanol–water partition coefficient (Wildman–Crippen LogP) is 3.40. The van der Waals surface area contributed by atoms with Crippen molar-refractivity contribution in [2.45, 2.75) is 11.5 Å². The van der Waals surface area contributed by atoms with Gasteiger partial charge >= 0.3 is 0 Å². The first-order valence-electron chi connectivity index (χ1n) is 9.24. The molecular weight excluding hydrogens is 414 g/mol. The molecule has 5 rings (SSSR count). The molecule has 0 bridgehead atoms. The first kappa shape index (κ1) is 18.5. The maximum atomic E-state index is 13.2. The molecule has 0 radical (unpaired) electrons. The summed E-state index contributed by atoms with van der Waals surface area (Å²) in [6.45, 7) is 2.36. The fourth-order valence-corrected chi connectivity index (χ4v) is 5.36. The summed E-state index contributed by atoms with van der Waals surface area (Å²) in [6.07, 6.45) is 1.59. The summed E-state index contributed by atoms with van der Waals surface area (Å²) in [5, 5.41) is 4.47. The highest BCUT2D eigenvalue weighted by atomic mass is 35.5. The summed E-state index contributed by atoms with van der Waals surface area (Å²) in [6, 6.07) is 12.5. The van der Waals surface area contributed by atoms with Crippen LogP contribution >= 0.6 is 11.6 Å². The molecule has 0 saturated carbocycles. The number of anilines is 1. The van der Waals surface area contributed by atoms with Crippen LogP contribution in [-0.2, 0) is 16.6 Å². The molecule has 3 aromatic rings. The van der Waals surface area contributed by atoms with E-state index in [9.17, 15) is 8.42 Å². The Morgan fingerprint density at radius 1 is 1.03 bits per heavy atom. The fourth-order valence-electron chi connectivity index (χ4n) is 3.72. The van der Waals surface area contributed by atoms with Crippen LogP contribution in [0.4, 0.5) is 5.69 Å². The zero-order chi connectivity index (χ0) is 20.0. The van der Waals surface area contributed by atoms with E-state index < -0.39 is 10.0 Å². The third-order valence-electron chi connectivity index (χ3n) is 5.27. The van der Waals surface area contributed by atoms with Crippen LogP contribution < -0.4 is 9.64 Å². The summed E-state index contributed by atoms with van der Waals surface area (Å²) in [5.74, 6) is 1.16. The topological polar surface area (TPSA) is 75.9 Å². The number of halogens is 1. The second kappa shape index (κ2) is 7.05. The van der Waals surface area contributed by atoms with E-state index in [1.165, 1.54) is 4.31 Å². The molecule has 7 nitrogen and oxygen atoms in total. The van der Waals surface area contributed by atoms with Gasteiger partial charge in [0.1, 0.15) is 12.4 Å². The molecule has 2 aliphatic heterocycles. The minimum absolute atomic E-state index is 0.223. The molecule has 1 aromatic heterocycles. The lowest BCUT2D eigenvalue weighted by Crippen LogP contribution is -2.48. The molecule has 0 unspecified atom stereocenters. The number of aromatic nitrogens is 1. The summed E-state index contributed by atoms with van der Waals surface area (Å²) in [4.78, 5) is 2.36. The van der Waals surface area contributed by atoms with E-state index in [-0.39, 0.29) is 4.90 Å². The number of rotatable bonds is 3. The second-order valence-electron chi connectivity index (χ2n) is 7.00. The average molecular weight is 432 g/mol. The van der Waals surface area contributed by atoms with E-state index in [0.29, 0.717) is 54.9 Å². The molecule has 9 heteroatoms. The van der Waals surface area contributed by atoms with Gasteiger partial charge in [0.2, 0.25) is 10.0 Å². The first-order valence-corrected chi connectivity index (χ1v) is 11.1. The highest BCUT2D eigenvalue weighted by Crippen LogP contribution is 2.39. The lowest BCUT2D eigenvalue weighted by molar-refractivity contribution is 0.297. The Hall–Kier alpha value is -2.55. The molecule has 150 valence electrons. The molecule has 1 fully saturated rings. The lowest BCUT2D eigenvalue weighted by Gasteiger charge is -2.35. The minimum atomic E-state index is -3.63. The van der Waals surface area contributed by atoms with Crippen molar-refractivity contribution in [2.24, 2.45) is 0 Å².